The third kappa shape index (κ3) is 5.64. The molecule has 2 heterocycles. The molecule has 7 heteroatoms. The molecule has 3 rings (SSSR count). The van der Waals surface area contributed by atoms with Crippen LogP contribution in [0.5, 0.6) is 11.5 Å². The second-order valence-electron chi connectivity index (χ2n) is 6.53. The summed E-state index contributed by atoms with van der Waals surface area (Å²) in [4.78, 5) is 6.87. The molecule has 0 radical (unpaired) electrons. The molecule has 1 saturated heterocycles. The fourth-order valence-electron chi connectivity index (χ4n) is 3.55. The zero-order valence-corrected chi connectivity index (χ0v) is 18.1. The number of nitrogens with one attached hydrogen (secondary N) is 2. The summed E-state index contributed by atoms with van der Waals surface area (Å²) in [6, 6.07) is 6.80. The van der Waals surface area contributed by atoms with Crippen molar-refractivity contribution in [2.24, 2.45) is 4.99 Å². The van der Waals surface area contributed by atoms with Crippen LogP contribution in [0.15, 0.2) is 23.2 Å². The summed E-state index contributed by atoms with van der Waals surface area (Å²) in [7, 11) is 1.83. The summed E-state index contributed by atoms with van der Waals surface area (Å²) in [5, 5.41) is 6.87. The van der Waals surface area contributed by atoms with Crippen molar-refractivity contribution in [1.29, 1.82) is 0 Å². The van der Waals surface area contributed by atoms with E-state index in [1.165, 1.54) is 24.9 Å². The number of hydrogen-bond acceptors (Lipinski definition) is 4. The number of fused-ring (bicyclic) bond motifs is 1. The van der Waals surface area contributed by atoms with Gasteiger partial charge in [-0.2, -0.15) is 0 Å². The molecule has 0 aliphatic carbocycles. The van der Waals surface area contributed by atoms with E-state index in [1.54, 1.807) is 0 Å². The Hall–Kier alpha value is -1.22. The van der Waals surface area contributed by atoms with Gasteiger partial charge in [0.05, 0.1) is 0 Å². The largest absolute Gasteiger partial charge is 0.486 e. The zero-order valence-electron chi connectivity index (χ0n) is 15.8. The van der Waals surface area contributed by atoms with Gasteiger partial charge in [0.15, 0.2) is 17.5 Å². The fourth-order valence-corrected chi connectivity index (χ4v) is 3.55. The van der Waals surface area contributed by atoms with Crippen molar-refractivity contribution in [2.75, 3.05) is 46.4 Å². The second-order valence-corrected chi connectivity index (χ2v) is 6.53. The Bertz CT molecular complexity index is 597. The van der Waals surface area contributed by atoms with Crippen molar-refractivity contribution in [3.63, 3.8) is 0 Å². The van der Waals surface area contributed by atoms with E-state index in [2.05, 4.69) is 39.6 Å². The van der Waals surface area contributed by atoms with Gasteiger partial charge in [-0.15, -0.1) is 24.0 Å². The van der Waals surface area contributed by atoms with E-state index < -0.39 is 0 Å². The minimum Gasteiger partial charge on any atom is -0.486 e. The molecule has 1 fully saturated rings. The summed E-state index contributed by atoms with van der Waals surface area (Å²) >= 11 is 0. The SMILES string of the molecule is CCN1CCCC1CNC(=NC)NCCc1ccc2c(c1)OCCO2.I. The fraction of sp³-hybridized carbons (Fsp3) is 0.632. The average molecular weight is 474 g/mol. The average Bonchev–Trinajstić information content (AvgIpc) is 3.12. The summed E-state index contributed by atoms with van der Waals surface area (Å²) in [5.41, 5.74) is 1.24. The molecule has 1 aromatic carbocycles. The number of ether oxygens (including phenoxy) is 2. The normalized spacial score (nSPS) is 19.8. The Morgan fingerprint density at radius 1 is 1.23 bits per heavy atom. The minimum atomic E-state index is 0. The van der Waals surface area contributed by atoms with E-state index in [9.17, 15) is 0 Å². The van der Waals surface area contributed by atoms with E-state index in [0.717, 1.165) is 43.5 Å². The zero-order chi connectivity index (χ0) is 17.5. The number of halogens is 1. The van der Waals surface area contributed by atoms with Gasteiger partial charge in [-0.25, -0.2) is 0 Å². The lowest BCUT2D eigenvalue weighted by atomic mass is 10.1. The van der Waals surface area contributed by atoms with Gasteiger partial charge in [0, 0.05) is 26.2 Å². The highest BCUT2D eigenvalue weighted by molar-refractivity contribution is 14.0. The predicted octanol–water partition coefficient (Wildman–Crippen LogP) is 2.27. The van der Waals surface area contributed by atoms with Crippen LogP contribution >= 0.6 is 24.0 Å². The topological polar surface area (TPSA) is 58.1 Å². The molecule has 0 spiro atoms. The summed E-state index contributed by atoms with van der Waals surface area (Å²) < 4.78 is 11.2. The van der Waals surface area contributed by atoms with E-state index in [-0.39, 0.29) is 24.0 Å². The molecular formula is C19H31IN4O2. The lowest BCUT2D eigenvalue weighted by molar-refractivity contribution is 0.171. The van der Waals surface area contributed by atoms with Crippen molar-refractivity contribution in [3.05, 3.63) is 23.8 Å². The van der Waals surface area contributed by atoms with Crippen LogP contribution in [0.25, 0.3) is 0 Å². The molecule has 0 aromatic heterocycles. The first-order chi connectivity index (χ1) is 12.3. The number of hydrogen-bond donors (Lipinski definition) is 2. The van der Waals surface area contributed by atoms with Gasteiger partial charge < -0.3 is 20.1 Å². The van der Waals surface area contributed by atoms with E-state index >= 15 is 0 Å². The van der Waals surface area contributed by atoms with Gasteiger partial charge in [-0.1, -0.05) is 13.0 Å². The van der Waals surface area contributed by atoms with Crippen molar-refractivity contribution in [1.82, 2.24) is 15.5 Å². The quantitative estimate of drug-likeness (QED) is 0.377. The number of rotatable bonds is 6. The molecule has 0 bridgehead atoms. The van der Waals surface area contributed by atoms with E-state index in [1.807, 2.05) is 13.1 Å². The van der Waals surface area contributed by atoms with Gasteiger partial charge in [0.25, 0.3) is 0 Å². The summed E-state index contributed by atoms with van der Waals surface area (Å²) in [5.74, 6) is 2.57. The number of nitrogens with zero attached hydrogens (tertiary/aromatic N) is 2. The van der Waals surface area contributed by atoms with Crippen molar-refractivity contribution in [2.45, 2.75) is 32.2 Å². The Morgan fingerprint density at radius 3 is 2.81 bits per heavy atom. The Morgan fingerprint density at radius 2 is 2.04 bits per heavy atom. The first-order valence-corrected chi connectivity index (χ1v) is 9.37. The molecule has 0 saturated carbocycles. The van der Waals surface area contributed by atoms with Gasteiger partial charge in [-0.3, -0.25) is 9.89 Å². The van der Waals surface area contributed by atoms with E-state index in [0.29, 0.717) is 19.3 Å². The highest BCUT2D eigenvalue weighted by Gasteiger charge is 2.22. The summed E-state index contributed by atoms with van der Waals surface area (Å²) in [6.45, 7) is 7.63. The first kappa shape index (κ1) is 21.1. The first-order valence-electron chi connectivity index (χ1n) is 9.37. The van der Waals surface area contributed by atoms with Crippen LogP contribution < -0.4 is 20.1 Å². The monoisotopic (exact) mass is 474 g/mol. The number of aliphatic imine (C=N–C) groups is 1. The number of likely N-dealkylation sites (tertiary alicyclic amines) is 1. The lowest BCUT2D eigenvalue weighted by Crippen LogP contribution is -2.45. The predicted molar refractivity (Wildman–Crippen MR) is 116 cm³/mol. The smallest absolute Gasteiger partial charge is 0.191 e. The second kappa shape index (κ2) is 10.8. The van der Waals surface area contributed by atoms with Crippen LogP contribution in [-0.4, -0.2) is 63.3 Å². The van der Waals surface area contributed by atoms with Crippen molar-refractivity contribution >= 4 is 29.9 Å². The highest BCUT2D eigenvalue weighted by atomic mass is 127. The number of likely N-dealkylation sites (N-methyl/N-ethyl adjacent to an activating group) is 1. The summed E-state index contributed by atoms with van der Waals surface area (Å²) in [6.07, 6.45) is 3.49. The molecule has 6 nitrogen and oxygen atoms in total. The number of guanidine groups is 1. The van der Waals surface area contributed by atoms with Crippen LogP contribution in [0.2, 0.25) is 0 Å². The van der Waals surface area contributed by atoms with Crippen LogP contribution in [0, 0.1) is 0 Å². The van der Waals surface area contributed by atoms with Gasteiger partial charge >= 0.3 is 0 Å². The van der Waals surface area contributed by atoms with Crippen LogP contribution in [0.4, 0.5) is 0 Å². The maximum absolute atomic E-state index is 5.64. The van der Waals surface area contributed by atoms with Gasteiger partial charge in [-0.05, 0) is 50.0 Å². The molecule has 2 N–H and O–H groups in total. The van der Waals surface area contributed by atoms with Gasteiger partial charge in [0.1, 0.15) is 13.2 Å². The van der Waals surface area contributed by atoms with E-state index in [4.69, 9.17) is 9.47 Å². The van der Waals surface area contributed by atoms with Crippen LogP contribution in [0.1, 0.15) is 25.3 Å². The van der Waals surface area contributed by atoms with Crippen LogP contribution in [-0.2, 0) is 6.42 Å². The van der Waals surface area contributed by atoms with Crippen molar-refractivity contribution in [3.8, 4) is 11.5 Å². The molecule has 0 amide bonds. The molecule has 146 valence electrons. The molecule has 1 atom stereocenters. The molecule has 1 aromatic rings. The maximum Gasteiger partial charge on any atom is 0.191 e. The van der Waals surface area contributed by atoms with Crippen LogP contribution in [0.3, 0.4) is 0 Å². The molecule has 2 aliphatic heterocycles. The maximum atomic E-state index is 5.64. The molecular weight excluding hydrogens is 443 g/mol. The molecule has 26 heavy (non-hydrogen) atoms. The lowest BCUT2D eigenvalue weighted by Gasteiger charge is -2.24. The van der Waals surface area contributed by atoms with Gasteiger partial charge in [0.2, 0.25) is 0 Å². The standard InChI is InChI=1S/C19H30N4O2.HI/c1-3-23-10-4-5-16(23)14-22-19(20-2)21-9-8-15-6-7-17-18(13-15)25-12-11-24-17;/h6-7,13,16H,3-5,8-12,14H2,1-2H3,(H2,20,21,22);1H. The Kier molecular flexibility index (Phi) is 8.77. The third-order valence-corrected chi connectivity index (χ3v) is 4.95. The minimum absolute atomic E-state index is 0. The molecule has 2 aliphatic rings. The Labute approximate surface area is 173 Å². The number of benzene rings is 1. The Balaban J connectivity index is 0.00000243. The third-order valence-electron chi connectivity index (χ3n) is 4.95. The highest BCUT2D eigenvalue weighted by Crippen LogP contribution is 2.30. The molecule has 1 unspecified atom stereocenters. The van der Waals surface area contributed by atoms with Crippen molar-refractivity contribution < 1.29 is 9.47 Å².